The van der Waals surface area contributed by atoms with Gasteiger partial charge in [-0.1, -0.05) is 13.8 Å². The predicted molar refractivity (Wildman–Crippen MR) is 50.7 cm³/mol. The van der Waals surface area contributed by atoms with Crippen molar-refractivity contribution >= 4 is 11.8 Å². The number of hydrogen-bond acceptors (Lipinski definition) is 2. The topological polar surface area (TPSA) is 3.24 Å². The van der Waals surface area contributed by atoms with Crippen molar-refractivity contribution < 1.29 is 0 Å². The van der Waals surface area contributed by atoms with E-state index in [1.54, 1.807) is 0 Å². The van der Waals surface area contributed by atoms with Crippen LogP contribution in [0, 0.1) is 5.41 Å². The van der Waals surface area contributed by atoms with Crippen LogP contribution in [0.2, 0.25) is 0 Å². The van der Waals surface area contributed by atoms with Crippen molar-refractivity contribution in [2.45, 2.75) is 13.8 Å². The molecule has 0 aliphatic rings. The van der Waals surface area contributed by atoms with Gasteiger partial charge >= 0.3 is 0 Å². The molecule has 0 unspecified atom stereocenters. The van der Waals surface area contributed by atoms with E-state index in [2.05, 4.69) is 39.1 Å². The molecule has 0 N–H and O–H groups in total. The summed E-state index contributed by atoms with van der Waals surface area (Å²) in [5.41, 5.74) is 0.461. The van der Waals surface area contributed by atoms with Crippen LogP contribution >= 0.6 is 11.8 Å². The summed E-state index contributed by atoms with van der Waals surface area (Å²) in [5, 5.41) is 0. The quantitative estimate of drug-likeness (QED) is 0.620. The molecule has 0 atom stereocenters. The lowest BCUT2D eigenvalue weighted by Crippen LogP contribution is -2.30. The first-order valence-corrected chi connectivity index (χ1v) is 5.01. The lowest BCUT2D eigenvalue weighted by molar-refractivity contribution is 0.268. The van der Waals surface area contributed by atoms with Gasteiger partial charge in [-0.15, -0.1) is 0 Å². The Kier molecular flexibility index (Phi) is 4.37. The number of hydrogen-bond donors (Lipinski definition) is 0. The van der Waals surface area contributed by atoms with E-state index in [9.17, 15) is 0 Å². The normalized spacial score (nSPS) is 12.6. The Balaban J connectivity index is 3.63. The van der Waals surface area contributed by atoms with Gasteiger partial charge in [0.1, 0.15) is 0 Å². The molecular formula is C8H19NS. The zero-order valence-corrected chi connectivity index (χ0v) is 8.59. The number of rotatable bonds is 4. The van der Waals surface area contributed by atoms with E-state index in [0.717, 1.165) is 0 Å². The molecule has 0 aromatic rings. The maximum absolute atomic E-state index is 2.31. The van der Waals surface area contributed by atoms with Gasteiger partial charge in [-0.2, -0.15) is 11.8 Å². The smallest absolute Gasteiger partial charge is 0.00345 e. The highest BCUT2D eigenvalue weighted by atomic mass is 32.2. The summed E-state index contributed by atoms with van der Waals surface area (Å²) in [7, 11) is 4.25. The third-order valence-electron chi connectivity index (χ3n) is 1.28. The summed E-state index contributed by atoms with van der Waals surface area (Å²) in [5.74, 6) is 1.24. The van der Waals surface area contributed by atoms with Gasteiger partial charge in [0, 0.05) is 6.54 Å². The Morgan fingerprint density at radius 1 is 1.30 bits per heavy atom. The SMILES string of the molecule is CSCC(C)(C)CN(C)C. The maximum atomic E-state index is 2.31. The second-order valence-corrected chi connectivity index (χ2v) is 4.70. The number of nitrogens with zero attached hydrogens (tertiary/aromatic N) is 1. The van der Waals surface area contributed by atoms with E-state index in [0.29, 0.717) is 5.41 Å². The molecule has 0 aromatic carbocycles. The minimum Gasteiger partial charge on any atom is -0.309 e. The van der Waals surface area contributed by atoms with Gasteiger partial charge in [0.25, 0.3) is 0 Å². The van der Waals surface area contributed by atoms with Crippen molar-refractivity contribution in [1.29, 1.82) is 0 Å². The van der Waals surface area contributed by atoms with Gasteiger partial charge in [0.05, 0.1) is 0 Å². The first-order valence-electron chi connectivity index (χ1n) is 3.61. The van der Waals surface area contributed by atoms with Crippen molar-refractivity contribution in [2.24, 2.45) is 5.41 Å². The van der Waals surface area contributed by atoms with E-state index < -0.39 is 0 Å². The molecule has 0 amide bonds. The molecule has 10 heavy (non-hydrogen) atoms. The van der Waals surface area contributed by atoms with Crippen LogP contribution in [0.25, 0.3) is 0 Å². The lowest BCUT2D eigenvalue weighted by Gasteiger charge is -2.27. The molecule has 1 nitrogen and oxygen atoms in total. The molecule has 0 saturated heterocycles. The molecule has 0 saturated carbocycles. The van der Waals surface area contributed by atoms with Gasteiger partial charge < -0.3 is 4.90 Å². The summed E-state index contributed by atoms with van der Waals surface area (Å²) < 4.78 is 0. The molecule has 0 aromatic heterocycles. The summed E-state index contributed by atoms with van der Waals surface area (Å²) in [6, 6.07) is 0. The highest BCUT2D eigenvalue weighted by Crippen LogP contribution is 2.20. The van der Waals surface area contributed by atoms with Crippen LogP contribution in [0.5, 0.6) is 0 Å². The Labute approximate surface area is 69.2 Å². The molecule has 0 spiro atoms. The van der Waals surface area contributed by atoms with Crippen molar-refractivity contribution in [3.63, 3.8) is 0 Å². The molecule has 0 radical (unpaired) electrons. The first-order chi connectivity index (χ1) is 4.48. The molecule has 0 fully saturated rings. The van der Waals surface area contributed by atoms with Crippen LogP contribution in [-0.4, -0.2) is 37.5 Å². The van der Waals surface area contributed by atoms with Gasteiger partial charge in [0.2, 0.25) is 0 Å². The summed E-state index contributed by atoms with van der Waals surface area (Å²) in [4.78, 5) is 2.25. The van der Waals surface area contributed by atoms with E-state index >= 15 is 0 Å². The molecule has 62 valence electrons. The fourth-order valence-electron chi connectivity index (χ4n) is 1.29. The first kappa shape index (κ1) is 10.3. The summed E-state index contributed by atoms with van der Waals surface area (Å²) in [6.45, 7) is 5.79. The van der Waals surface area contributed by atoms with E-state index in [1.165, 1.54) is 12.3 Å². The molecule has 0 aliphatic carbocycles. The second kappa shape index (κ2) is 4.24. The largest absolute Gasteiger partial charge is 0.309 e. The monoisotopic (exact) mass is 161 g/mol. The Hall–Kier alpha value is 0.310. The minimum atomic E-state index is 0.461. The van der Waals surface area contributed by atoms with Crippen molar-refractivity contribution in [1.82, 2.24) is 4.90 Å². The fourth-order valence-corrected chi connectivity index (χ4v) is 2.17. The van der Waals surface area contributed by atoms with E-state index in [-0.39, 0.29) is 0 Å². The summed E-state index contributed by atoms with van der Waals surface area (Å²) in [6.07, 6.45) is 2.16. The Morgan fingerprint density at radius 3 is 2.10 bits per heavy atom. The highest BCUT2D eigenvalue weighted by molar-refractivity contribution is 7.98. The third kappa shape index (κ3) is 5.12. The summed E-state index contributed by atoms with van der Waals surface area (Å²) >= 11 is 1.92. The average molecular weight is 161 g/mol. The van der Waals surface area contributed by atoms with Crippen LogP contribution in [0.1, 0.15) is 13.8 Å². The standard InChI is InChI=1S/C8H19NS/c1-8(2,7-10-5)6-9(3)4/h6-7H2,1-5H3. The molecular weight excluding hydrogens is 142 g/mol. The van der Waals surface area contributed by atoms with Gasteiger partial charge in [-0.3, -0.25) is 0 Å². The third-order valence-corrected chi connectivity index (χ3v) is 2.35. The van der Waals surface area contributed by atoms with E-state index in [1.807, 2.05) is 11.8 Å². The van der Waals surface area contributed by atoms with E-state index in [4.69, 9.17) is 0 Å². The molecule has 2 heteroatoms. The highest BCUT2D eigenvalue weighted by Gasteiger charge is 2.17. The molecule has 0 rings (SSSR count). The van der Waals surface area contributed by atoms with Crippen LogP contribution in [0.15, 0.2) is 0 Å². The van der Waals surface area contributed by atoms with Crippen molar-refractivity contribution in [3.05, 3.63) is 0 Å². The maximum Gasteiger partial charge on any atom is 0.00345 e. The van der Waals surface area contributed by atoms with Crippen LogP contribution < -0.4 is 0 Å². The van der Waals surface area contributed by atoms with Crippen molar-refractivity contribution in [2.75, 3.05) is 32.6 Å². The second-order valence-electron chi connectivity index (χ2n) is 3.84. The lowest BCUT2D eigenvalue weighted by atomic mass is 9.96. The number of thioether (sulfide) groups is 1. The fraction of sp³-hybridized carbons (Fsp3) is 1.00. The van der Waals surface area contributed by atoms with Gasteiger partial charge in [0.15, 0.2) is 0 Å². The Bertz CT molecular complexity index is 89.3. The zero-order valence-electron chi connectivity index (χ0n) is 7.77. The molecule has 0 heterocycles. The van der Waals surface area contributed by atoms with Crippen LogP contribution in [-0.2, 0) is 0 Å². The van der Waals surface area contributed by atoms with Gasteiger partial charge in [-0.05, 0) is 31.5 Å². The van der Waals surface area contributed by atoms with Gasteiger partial charge in [-0.25, -0.2) is 0 Å². The van der Waals surface area contributed by atoms with Crippen molar-refractivity contribution in [3.8, 4) is 0 Å². The predicted octanol–water partition coefficient (Wildman–Crippen LogP) is 1.94. The molecule has 0 aliphatic heterocycles. The van der Waals surface area contributed by atoms with Crippen LogP contribution in [0.3, 0.4) is 0 Å². The molecule has 0 bridgehead atoms. The zero-order chi connectivity index (χ0) is 8.20. The minimum absolute atomic E-state index is 0.461. The average Bonchev–Trinajstić information content (AvgIpc) is 1.59. The van der Waals surface area contributed by atoms with Crippen LogP contribution in [0.4, 0.5) is 0 Å². The Morgan fingerprint density at radius 2 is 1.80 bits per heavy atom.